The van der Waals surface area contributed by atoms with E-state index in [2.05, 4.69) is 9.88 Å². The molecule has 3 amide bonds. The molecule has 41 heavy (non-hydrogen) atoms. The van der Waals surface area contributed by atoms with Crippen molar-refractivity contribution in [2.75, 3.05) is 32.1 Å². The molecule has 214 valence electrons. The SMILES string of the molecule is NCOc1cc(C(=O)N2CCC3(CC2)CC(=O)c2cc(C(=O)NCC(N)=O)ccc2O3)cc2c1c(N)cn2C1CC1. The number of fused-ring (bicyclic) bond motifs is 2. The van der Waals surface area contributed by atoms with Crippen molar-refractivity contribution in [2.24, 2.45) is 11.5 Å². The van der Waals surface area contributed by atoms with Gasteiger partial charge in [0.2, 0.25) is 5.91 Å². The highest BCUT2D eigenvalue weighted by atomic mass is 16.5. The Balaban J connectivity index is 1.18. The van der Waals surface area contributed by atoms with Crippen molar-refractivity contribution >= 4 is 40.1 Å². The third-order valence-electron chi connectivity index (χ3n) is 8.09. The van der Waals surface area contributed by atoms with E-state index in [-0.39, 0.29) is 37.0 Å². The third kappa shape index (κ3) is 4.95. The van der Waals surface area contributed by atoms with Crippen LogP contribution in [0.3, 0.4) is 0 Å². The van der Waals surface area contributed by atoms with Gasteiger partial charge in [0.25, 0.3) is 11.8 Å². The largest absolute Gasteiger partial charge is 0.486 e. The molecule has 3 heterocycles. The zero-order valence-electron chi connectivity index (χ0n) is 22.5. The highest BCUT2D eigenvalue weighted by Gasteiger charge is 2.44. The molecule has 2 aromatic carbocycles. The van der Waals surface area contributed by atoms with Crippen LogP contribution in [0.2, 0.25) is 0 Å². The molecule has 0 atom stereocenters. The molecule has 1 spiro atoms. The van der Waals surface area contributed by atoms with E-state index in [4.69, 9.17) is 26.7 Å². The van der Waals surface area contributed by atoms with Crippen LogP contribution in [0.5, 0.6) is 11.5 Å². The van der Waals surface area contributed by atoms with E-state index in [0.717, 1.165) is 23.7 Å². The molecule has 12 nitrogen and oxygen atoms in total. The number of carbonyl (C=O) groups is 4. The van der Waals surface area contributed by atoms with Crippen LogP contribution in [-0.4, -0.2) is 64.9 Å². The molecule has 1 aliphatic carbocycles. The lowest BCUT2D eigenvalue weighted by molar-refractivity contribution is -0.117. The normalized spacial score (nSPS) is 17.7. The van der Waals surface area contributed by atoms with Crippen LogP contribution in [0.4, 0.5) is 5.69 Å². The van der Waals surface area contributed by atoms with Gasteiger partial charge < -0.3 is 35.7 Å². The van der Waals surface area contributed by atoms with Crippen LogP contribution in [0.1, 0.15) is 69.2 Å². The van der Waals surface area contributed by atoms with Gasteiger partial charge in [-0.1, -0.05) is 0 Å². The summed E-state index contributed by atoms with van der Waals surface area (Å²) in [5.74, 6) is -0.552. The van der Waals surface area contributed by atoms with Gasteiger partial charge in [0.1, 0.15) is 23.8 Å². The smallest absolute Gasteiger partial charge is 0.254 e. The second-order valence-corrected chi connectivity index (χ2v) is 10.9. The Kier molecular flexibility index (Phi) is 6.57. The number of hydrogen-bond donors (Lipinski definition) is 4. The van der Waals surface area contributed by atoms with E-state index >= 15 is 0 Å². The summed E-state index contributed by atoms with van der Waals surface area (Å²) in [6.45, 7) is 0.479. The molecule has 0 bridgehead atoms. The van der Waals surface area contributed by atoms with Crippen LogP contribution in [0.15, 0.2) is 36.5 Å². The van der Waals surface area contributed by atoms with Gasteiger partial charge in [0, 0.05) is 49.3 Å². The van der Waals surface area contributed by atoms with E-state index in [1.807, 2.05) is 12.3 Å². The molecule has 1 saturated heterocycles. The number of nitrogens with zero attached hydrogens (tertiary/aromatic N) is 2. The molecular weight excluding hydrogens is 528 g/mol. The summed E-state index contributed by atoms with van der Waals surface area (Å²) in [4.78, 5) is 51.8. The number of anilines is 1. The third-order valence-corrected chi connectivity index (χ3v) is 8.09. The van der Waals surface area contributed by atoms with Crippen molar-refractivity contribution in [3.8, 4) is 11.5 Å². The summed E-state index contributed by atoms with van der Waals surface area (Å²) in [6.07, 6.45) is 5.12. The van der Waals surface area contributed by atoms with Gasteiger partial charge in [-0.2, -0.15) is 0 Å². The minimum absolute atomic E-state index is 0.0423. The quantitative estimate of drug-likeness (QED) is 0.315. The fraction of sp³-hybridized carbons (Fsp3) is 0.379. The van der Waals surface area contributed by atoms with Crippen molar-refractivity contribution in [1.29, 1.82) is 0 Å². The molecular formula is C29H32N6O6. The van der Waals surface area contributed by atoms with Gasteiger partial charge in [0.15, 0.2) is 5.78 Å². The van der Waals surface area contributed by atoms with Crippen molar-refractivity contribution in [3.63, 3.8) is 0 Å². The van der Waals surface area contributed by atoms with Crippen LogP contribution < -0.4 is 32.0 Å². The van der Waals surface area contributed by atoms with Crippen molar-refractivity contribution in [3.05, 3.63) is 53.2 Å². The van der Waals surface area contributed by atoms with E-state index < -0.39 is 17.4 Å². The molecule has 1 saturated carbocycles. The monoisotopic (exact) mass is 560 g/mol. The molecule has 2 aliphatic heterocycles. The Labute approximate surface area is 235 Å². The number of benzene rings is 2. The highest BCUT2D eigenvalue weighted by Crippen LogP contribution is 2.43. The average molecular weight is 561 g/mol. The summed E-state index contributed by atoms with van der Waals surface area (Å²) < 4.78 is 14.1. The minimum Gasteiger partial charge on any atom is -0.486 e. The van der Waals surface area contributed by atoms with Gasteiger partial charge in [0.05, 0.1) is 35.1 Å². The zero-order valence-corrected chi connectivity index (χ0v) is 22.5. The number of primary amides is 1. The Morgan fingerprint density at radius 2 is 1.85 bits per heavy atom. The Hall–Kier alpha value is -4.58. The maximum Gasteiger partial charge on any atom is 0.254 e. The predicted octanol–water partition coefficient (Wildman–Crippen LogP) is 1.71. The van der Waals surface area contributed by atoms with Crippen molar-refractivity contribution in [1.82, 2.24) is 14.8 Å². The highest BCUT2D eigenvalue weighted by molar-refractivity contribution is 6.05. The van der Waals surface area contributed by atoms with Crippen LogP contribution >= 0.6 is 0 Å². The van der Waals surface area contributed by atoms with Gasteiger partial charge >= 0.3 is 0 Å². The Morgan fingerprint density at radius 1 is 1.10 bits per heavy atom. The fourth-order valence-corrected chi connectivity index (χ4v) is 5.84. The minimum atomic E-state index is -0.733. The average Bonchev–Trinajstić information content (AvgIpc) is 3.74. The van der Waals surface area contributed by atoms with Crippen LogP contribution in [0, 0.1) is 0 Å². The first-order chi connectivity index (χ1) is 19.7. The topological polar surface area (TPSA) is 185 Å². The number of amides is 3. The predicted molar refractivity (Wildman–Crippen MR) is 150 cm³/mol. The van der Waals surface area contributed by atoms with E-state index in [0.29, 0.717) is 60.3 Å². The first-order valence-electron chi connectivity index (χ1n) is 13.7. The number of nitrogens with one attached hydrogen (secondary N) is 1. The number of ketones is 1. The molecule has 0 radical (unpaired) electrons. The maximum atomic E-state index is 13.7. The van der Waals surface area contributed by atoms with Gasteiger partial charge in [-0.3, -0.25) is 24.9 Å². The summed E-state index contributed by atoms with van der Waals surface area (Å²) in [5, 5.41) is 3.18. The number of nitrogens with two attached hydrogens (primary N) is 3. The standard InChI is InChI=1S/C29H32N6O6/c30-15-40-24-11-17(10-21-26(24)20(31)14-35(21)18-2-3-18)28(39)34-7-5-29(6-8-34)12-22(36)19-9-16(1-4-23(19)41-29)27(38)33-13-25(32)37/h1,4,9-11,14,18H,2-3,5-8,12-13,15,30-31H2,(H2,32,37)(H,33,38). The molecule has 1 aromatic heterocycles. The fourth-order valence-electron chi connectivity index (χ4n) is 5.84. The molecule has 6 rings (SSSR count). The Morgan fingerprint density at radius 3 is 2.54 bits per heavy atom. The first-order valence-corrected chi connectivity index (χ1v) is 13.7. The molecule has 7 N–H and O–H groups in total. The number of carbonyl (C=O) groups excluding carboxylic acids is 4. The van der Waals surface area contributed by atoms with E-state index in [1.165, 1.54) is 6.07 Å². The number of hydrogen-bond acceptors (Lipinski definition) is 8. The molecule has 3 aliphatic rings. The van der Waals surface area contributed by atoms with E-state index in [1.54, 1.807) is 23.1 Å². The molecule has 3 aromatic rings. The van der Waals surface area contributed by atoms with Crippen molar-refractivity contribution < 1.29 is 28.7 Å². The number of Topliss-reactive ketones (excluding diaryl/α,β-unsaturated/α-hetero) is 1. The lowest BCUT2D eigenvalue weighted by Gasteiger charge is -2.44. The summed E-state index contributed by atoms with van der Waals surface area (Å²) >= 11 is 0. The lowest BCUT2D eigenvalue weighted by atomic mass is 9.82. The summed E-state index contributed by atoms with van der Waals surface area (Å²) in [5.41, 5.74) is 18.8. The molecule has 0 unspecified atom stereocenters. The lowest BCUT2D eigenvalue weighted by Crippen LogP contribution is -2.52. The first kappa shape index (κ1) is 26.6. The number of ether oxygens (including phenoxy) is 2. The second kappa shape index (κ2) is 10.1. The van der Waals surface area contributed by atoms with E-state index in [9.17, 15) is 19.2 Å². The maximum absolute atomic E-state index is 13.7. The zero-order chi connectivity index (χ0) is 28.9. The Bertz CT molecular complexity index is 1580. The number of aromatic nitrogens is 1. The van der Waals surface area contributed by atoms with Crippen LogP contribution in [0.25, 0.3) is 10.9 Å². The van der Waals surface area contributed by atoms with Gasteiger partial charge in [-0.15, -0.1) is 0 Å². The summed E-state index contributed by atoms with van der Waals surface area (Å²) in [7, 11) is 0. The molecule has 12 heteroatoms. The number of piperidine rings is 1. The summed E-state index contributed by atoms with van der Waals surface area (Å²) in [6, 6.07) is 8.55. The molecule has 2 fully saturated rings. The van der Waals surface area contributed by atoms with Gasteiger partial charge in [-0.05, 0) is 43.2 Å². The van der Waals surface area contributed by atoms with Crippen molar-refractivity contribution in [2.45, 2.75) is 43.7 Å². The van der Waals surface area contributed by atoms with Crippen LogP contribution in [-0.2, 0) is 4.79 Å². The van der Waals surface area contributed by atoms with Gasteiger partial charge in [-0.25, -0.2) is 0 Å². The number of nitrogen functional groups attached to an aromatic ring is 1. The number of rotatable bonds is 7. The number of likely N-dealkylation sites (tertiary alicyclic amines) is 1. The second-order valence-electron chi connectivity index (χ2n) is 10.9.